The van der Waals surface area contributed by atoms with Gasteiger partial charge >= 0.3 is 0 Å². The zero-order chi connectivity index (χ0) is 14.5. The van der Waals surface area contributed by atoms with E-state index in [1.54, 1.807) is 38.4 Å². The van der Waals surface area contributed by atoms with E-state index in [-0.39, 0.29) is 17.9 Å². The molecule has 0 fully saturated rings. The first-order valence-corrected chi connectivity index (χ1v) is 6.07. The monoisotopic (exact) mass is 273 g/mol. The molecule has 3 N–H and O–H groups in total. The van der Waals surface area contributed by atoms with Crippen molar-refractivity contribution in [2.75, 3.05) is 0 Å². The van der Waals surface area contributed by atoms with E-state index < -0.39 is 0 Å². The number of carbonyl (C=O) groups is 1. The Labute approximate surface area is 115 Å². The summed E-state index contributed by atoms with van der Waals surface area (Å²) in [7, 11) is 0. The van der Waals surface area contributed by atoms with Gasteiger partial charge in [-0.25, -0.2) is 5.43 Å². The number of aryl methyl sites for hydroxylation is 1. The summed E-state index contributed by atoms with van der Waals surface area (Å²) in [6.07, 6.45) is 3.29. The quantitative estimate of drug-likeness (QED) is 0.558. The third-order valence-electron chi connectivity index (χ3n) is 2.87. The summed E-state index contributed by atoms with van der Waals surface area (Å²) in [6.45, 7) is 3.51. The number of amides is 1. The number of pyridine rings is 1. The predicted octanol–water partition coefficient (Wildman–Crippen LogP) is 0.489. The first kappa shape index (κ1) is 13.7. The Bertz CT molecular complexity index is 684. The number of nitrogens with zero attached hydrogens (tertiary/aromatic N) is 2. The van der Waals surface area contributed by atoms with Gasteiger partial charge < -0.3 is 5.10 Å². The minimum atomic E-state index is -0.341. The van der Waals surface area contributed by atoms with Crippen LogP contribution in [-0.4, -0.2) is 26.8 Å². The van der Waals surface area contributed by atoms with E-state index in [2.05, 4.69) is 25.7 Å². The number of rotatable bonds is 4. The standard InChI is InChI=1S/C13H15N5O2/c1-8(10-3-5-14-6-4-10)15-17-12(19)7-11-9(2)16-18-13(11)20/h3-6H,7H2,1-2H3,(H,17,19)(H2,16,18,20)/b15-8-. The van der Waals surface area contributed by atoms with E-state index in [1.807, 2.05) is 0 Å². The van der Waals surface area contributed by atoms with Crippen LogP contribution >= 0.6 is 0 Å². The number of hydrogen-bond acceptors (Lipinski definition) is 4. The summed E-state index contributed by atoms with van der Waals surface area (Å²) in [4.78, 5) is 27.1. The van der Waals surface area contributed by atoms with Crippen LogP contribution in [0.15, 0.2) is 34.4 Å². The van der Waals surface area contributed by atoms with Crippen molar-refractivity contribution in [1.29, 1.82) is 0 Å². The number of carbonyl (C=O) groups excluding carboxylic acids is 1. The van der Waals surface area contributed by atoms with Crippen molar-refractivity contribution in [3.8, 4) is 0 Å². The minimum Gasteiger partial charge on any atom is -0.302 e. The first-order chi connectivity index (χ1) is 9.58. The van der Waals surface area contributed by atoms with E-state index in [1.165, 1.54) is 0 Å². The molecule has 2 aromatic heterocycles. The summed E-state index contributed by atoms with van der Waals surface area (Å²) < 4.78 is 0. The van der Waals surface area contributed by atoms with Crippen molar-refractivity contribution >= 4 is 11.6 Å². The molecule has 0 aliphatic heterocycles. The van der Waals surface area contributed by atoms with Gasteiger partial charge in [-0.05, 0) is 26.0 Å². The van der Waals surface area contributed by atoms with Crippen LogP contribution in [0.4, 0.5) is 0 Å². The molecule has 7 nitrogen and oxygen atoms in total. The molecule has 0 aliphatic rings. The molecule has 2 aromatic rings. The van der Waals surface area contributed by atoms with Crippen molar-refractivity contribution in [2.24, 2.45) is 5.10 Å². The molecule has 0 saturated carbocycles. The molecule has 7 heteroatoms. The fourth-order valence-electron chi connectivity index (χ4n) is 1.69. The summed E-state index contributed by atoms with van der Waals surface area (Å²) in [5.41, 5.74) is 4.76. The summed E-state index contributed by atoms with van der Waals surface area (Å²) in [6, 6.07) is 3.60. The topological polar surface area (TPSA) is 103 Å². The number of aromatic nitrogens is 3. The Morgan fingerprint density at radius 3 is 2.65 bits per heavy atom. The summed E-state index contributed by atoms with van der Waals surface area (Å²) in [5.74, 6) is -0.341. The Balaban J connectivity index is 2.01. The highest BCUT2D eigenvalue weighted by atomic mass is 16.2. The van der Waals surface area contributed by atoms with Gasteiger partial charge in [0.1, 0.15) is 0 Å². The maximum atomic E-state index is 11.8. The fourth-order valence-corrected chi connectivity index (χ4v) is 1.69. The van der Waals surface area contributed by atoms with Crippen LogP contribution < -0.4 is 11.0 Å². The van der Waals surface area contributed by atoms with E-state index in [4.69, 9.17) is 0 Å². The normalized spacial score (nSPS) is 11.4. The zero-order valence-corrected chi connectivity index (χ0v) is 11.2. The van der Waals surface area contributed by atoms with E-state index in [0.29, 0.717) is 17.0 Å². The molecule has 0 unspecified atom stereocenters. The second-order valence-corrected chi connectivity index (χ2v) is 4.33. The molecule has 104 valence electrons. The Kier molecular flexibility index (Phi) is 4.09. The van der Waals surface area contributed by atoms with Gasteiger partial charge in [-0.2, -0.15) is 5.10 Å². The maximum absolute atomic E-state index is 11.8. The number of nitrogens with one attached hydrogen (secondary N) is 3. The average Bonchev–Trinajstić information content (AvgIpc) is 2.77. The van der Waals surface area contributed by atoms with Gasteiger partial charge in [-0.15, -0.1) is 0 Å². The molecular formula is C13H15N5O2. The highest BCUT2D eigenvalue weighted by Gasteiger charge is 2.11. The highest BCUT2D eigenvalue weighted by Crippen LogP contribution is 2.00. The van der Waals surface area contributed by atoms with Gasteiger partial charge in [-0.1, -0.05) is 0 Å². The lowest BCUT2D eigenvalue weighted by molar-refractivity contribution is -0.120. The molecule has 1 amide bonds. The Morgan fingerprint density at radius 1 is 1.35 bits per heavy atom. The Morgan fingerprint density at radius 2 is 2.05 bits per heavy atom. The van der Waals surface area contributed by atoms with Crippen molar-refractivity contribution in [3.05, 3.63) is 51.7 Å². The second-order valence-electron chi connectivity index (χ2n) is 4.33. The lowest BCUT2D eigenvalue weighted by Crippen LogP contribution is -2.24. The first-order valence-electron chi connectivity index (χ1n) is 6.07. The molecule has 0 atom stereocenters. The second kappa shape index (κ2) is 5.96. The largest absolute Gasteiger partial charge is 0.302 e. The van der Waals surface area contributed by atoms with Crippen LogP contribution in [0.25, 0.3) is 0 Å². The molecular weight excluding hydrogens is 258 g/mol. The lowest BCUT2D eigenvalue weighted by atomic mass is 10.2. The summed E-state index contributed by atoms with van der Waals surface area (Å²) >= 11 is 0. The van der Waals surface area contributed by atoms with Crippen LogP contribution in [0, 0.1) is 6.92 Å². The number of aromatic amines is 2. The third kappa shape index (κ3) is 3.19. The number of hydrazone groups is 1. The van der Waals surface area contributed by atoms with Gasteiger partial charge in [0, 0.05) is 29.2 Å². The number of H-pyrrole nitrogens is 2. The van der Waals surface area contributed by atoms with Gasteiger partial charge in [0.25, 0.3) is 5.56 Å². The average molecular weight is 273 g/mol. The minimum absolute atomic E-state index is 0.0161. The van der Waals surface area contributed by atoms with Crippen molar-refractivity contribution in [3.63, 3.8) is 0 Å². The van der Waals surface area contributed by atoms with Gasteiger partial charge in [0.05, 0.1) is 12.1 Å². The van der Waals surface area contributed by atoms with E-state index in [9.17, 15) is 9.59 Å². The fraction of sp³-hybridized carbons (Fsp3) is 0.231. The van der Waals surface area contributed by atoms with Crippen LogP contribution in [0.1, 0.15) is 23.7 Å². The maximum Gasteiger partial charge on any atom is 0.267 e. The molecule has 2 rings (SSSR count). The third-order valence-corrected chi connectivity index (χ3v) is 2.87. The van der Waals surface area contributed by atoms with Gasteiger partial charge in [0.2, 0.25) is 5.91 Å². The smallest absolute Gasteiger partial charge is 0.267 e. The van der Waals surface area contributed by atoms with Crippen molar-refractivity contribution < 1.29 is 4.79 Å². The lowest BCUT2D eigenvalue weighted by Gasteiger charge is -2.02. The van der Waals surface area contributed by atoms with Crippen molar-refractivity contribution in [1.82, 2.24) is 20.6 Å². The van der Waals surface area contributed by atoms with Crippen molar-refractivity contribution in [2.45, 2.75) is 20.3 Å². The molecule has 0 aliphatic carbocycles. The van der Waals surface area contributed by atoms with Crippen LogP contribution in [0.2, 0.25) is 0 Å². The van der Waals surface area contributed by atoms with Crippen LogP contribution in [-0.2, 0) is 11.2 Å². The molecule has 0 radical (unpaired) electrons. The summed E-state index contributed by atoms with van der Waals surface area (Å²) in [5, 5.41) is 9.10. The molecule has 0 aromatic carbocycles. The predicted molar refractivity (Wildman–Crippen MR) is 74.4 cm³/mol. The molecule has 0 bridgehead atoms. The molecule has 0 spiro atoms. The molecule has 0 saturated heterocycles. The van der Waals surface area contributed by atoms with Gasteiger partial charge in [-0.3, -0.25) is 19.7 Å². The zero-order valence-electron chi connectivity index (χ0n) is 11.2. The SMILES string of the molecule is C/C(=N/NC(=O)Cc1c(C)[nH][nH]c1=O)c1ccncc1. The Hall–Kier alpha value is -2.70. The highest BCUT2D eigenvalue weighted by molar-refractivity contribution is 5.99. The molecule has 2 heterocycles. The van der Waals surface area contributed by atoms with E-state index >= 15 is 0 Å². The van der Waals surface area contributed by atoms with Crippen LogP contribution in [0.3, 0.4) is 0 Å². The number of hydrogen-bond donors (Lipinski definition) is 3. The molecule has 20 heavy (non-hydrogen) atoms. The van der Waals surface area contributed by atoms with E-state index in [0.717, 1.165) is 5.56 Å². The van der Waals surface area contributed by atoms with Gasteiger partial charge in [0.15, 0.2) is 0 Å². The van der Waals surface area contributed by atoms with Crippen LogP contribution in [0.5, 0.6) is 0 Å².